The van der Waals surface area contributed by atoms with Crippen LogP contribution in [0.1, 0.15) is 21.6 Å². The van der Waals surface area contributed by atoms with Crippen molar-refractivity contribution in [2.24, 2.45) is 7.05 Å². The third kappa shape index (κ3) is 4.23. The number of fused-ring (bicyclic) bond motifs is 1. The number of aromatic nitrogens is 6. The monoisotopic (exact) mass is 437 g/mol. The molecule has 1 amide bonds. The van der Waals surface area contributed by atoms with Crippen molar-refractivity contribution in [3.63, 3.8) is 0 Å². The molecule has 0 spiro atoms. The van der Waals surface area contributed by atoms with Gasteiger partial charge >= 0.3 is 0 Å². The lowest BCUT2D eigenvalue weighted by atomic mass is 10.0. The largest absolute Gasteiger partial charge is 0.305 e. The Labute approximate surface area is 190 Å². The zero-order chi connectivity index (χ0) is 22.8. The molecule has 5 rings (SSSR count). The third-order valence-corrected chi connectivity index (χ3v) is 5.54. The number of benzene rings is 1. The first-order valence-electron chi connectivity index (χ1n) is 10.7. The van der Waals surface area contributed by atoms with Crippen molar-refractivity contribution >= 4 is 22.8 Å². The SMILES string of the molecule is Cc1nn(C)c2nc(-c3ccccc3)cc(C(=O)Nc3ccn(CCc4ccncc4)n3)c12. The number of pyridine rings is 2. The average Bonchev–Trinajstić information content (AvgIpc) is 3.41. The lowest BCUT2D eigenvalue weighted by molar-refractivity contribution is 0.102. The summed E-state index contributed by atoms with van der Waals surface area (Å²) in [4.78, 5) is 22.1. The Morgan fingerprint density at radius 1 is 1.03 bits per heavy atom. The molecule has 164 valence electrons. The molecule has 0 bridgehead atoms. The Balaban J connectivity index is 1.42. The maximum atomic E-state index is 13.3. The average molecular weight is 438 g/mol. The van der Waals surface area contributed by atoms with Crippen LogP contribution < -0.4 is 5.32 Å². The molecular weight excluding hydrogens is 414 g/mol. The third-order valence-electron chi connectivity index (χ3n) is 5.54. The van der Waals surface area contributed by atoms with E-state index in [0.717, 1.165) is 28.8 Å². The fourth-order valence-corrected chi connectivity index (χ4v) is 3.91. The molecule has 0 aliphatic carbocycles. The van der Waals surface area contributed by atoms with Gasteiger partial charge in [0.25, 0.3) is 5.91 Å². The molecule has 1 N–H and O–H groups in total. The molecule has 0 radical (unpaired) electrons. The van der Waals surface area contributed by atoms with Crippen LogP contribution >= 0.6 is 0 Å². The second-order valence-corrected chi connectivity index (χ2v) is 7.85. The van der Waals surface area contributed by atoms with Gasteiger partial charge in [0, 0.05) is 43.8 Å². The molecule has 0 aliphatic heterocycles. The second-order valence-electron chi connectivity index (χ2n) is 7.85. The van der Waals surface area contributed by atoms with Gasteiger partial charge in [-0.25, -0.2) is 4.98 Å². The Morgan fingerprint density at radius 2 is 1.82 bits per heavy atom. The van der Waals surface area contributed by atoms with Gasteiger partial charge in [0.1, 0.15) is 0 Å². The molecule has 33 heavy (non-hydrogen) atoms. The number of carbonyl (C=O) groups is 1. The number of amides is 1. The van der Waals surface area contributed by atoms with Gasteiger partial charge in [-0.2, -0.15) is 10.2 Å². The highest BCUT2D eigenvalue weighted by Gasteiger charge is 2.20. The minimum Gasteiger partial charge on any atom is -0.305 e. The quantitative estimate of drug-likeness (QED) is 0.433. The van der Waals surface area contributed by atoms with Gasteiger partial charge in [0.05, 0.1) is 22.3 Å². The highest BCUT2D eigenvalue weighted by Crippen LogP contribution is 2.27. The highest BCUT2D eigenvalue weighted by molar-refractivity contribution is 6.13. The van der Waals surface area contributed by atoms with E-state index in [-0.39, 0.29) is 5.91 Å². The Kier molecular flexibility index (Phi) is 5.40. The van der Waals surface area contributed by atoms with Crippen LogP contribution in [-0.2, 0) is 20.0 Å². The van der Waals surface area contributed by atoms with Gasteiger partial charge in [-0.1, -0.05) is 30.3 Å². The Morgan fingerprint density at radius 3 is 2.61 bits per heavy atom. The number of rotatable bonds is 6. The van der Waals surface area contributed by atoms with Crippen LogP contribution in [0.4, 0.5) is 5.82 Å². The minimum atomic E-state index is -0.241. The molecule has 0 saturated heterocycles. The normalized spacial score (nSPS) is 11.1. The molecule has 0 fully saturated rings. The lowest BCUT2D eigenvalue weighted by Crippen LogP contribution is -2.14. The summed E-state index contributed by atoms with van der Waals surface area (Å²) in [7, 11) is 1.84. The molecule has 0 aliphatic rings. The number of nitrogens with zero attached hydrogens (tertiary/aromatic N) is 6. The number of hydrogen-bond acceptors (Lipinski definition) is 5. The standard InChI is InChI=1S/C25H23N7O/c1-17-23-20(16-21(19-6-4-3-5-7-19)27-24(23)31(2)29-17)25(33)28-22-11-15-32(30-22)14-10-18-8-12-26-13-9-18/h3-9,11-13,15-16H,10,14H2,1-2H3,(H,28,30,33). The summed E-state index contributed by atoms with van der Waals surface area (Å²) in [5, 5.41) is 12.7. The summed E-state index contributed by atoms with van der Waals surface area (Å²) in [6.45, 7) is 2.59. The van der Waals surface area contributed by atoms with E-state index >= 15 is 0 Å². The summed E-state index contributed by atoms with van der Waals surface area (Å²) in [5.74, 6) is 0.262. The first kappa shape index (κ1) is 20.6. The van der Waals surface area contributed by atoms with Crippen molar-refractivity contribution in [1.29, 1.82) is 0 Å². The van der Waals surface area contributed by atoms with Gasteiger partial charge in [0.2, 0.25) is 0 Å². The molecular formula is C25H23N7O. The van der Waals surface area contributed by atoms with Crippen molar-refractivity contribution in [3.8, 4) is 11.3 Å². The van der Waals surface area contributed by atoms with Crippen molar-refractivity contribution in [2.75, 3.05) is 5.32 Å². The van der Waals surface area contributed by atoms with E-state index in [0.29, 0.717) is 23.6 Å². The fraction of sp³-hybridized carbons (Fsp3) is 0.160. The van der Waals surface area contributed by atoms with Gasteiger partial charge in [0.15, 0.2) is 11.5 Å². The molecule has 5 aromatic rings. The summed E-state index contributed by atoms with van der Waals surface area (Å²) in [6, 6.07) is 17.4. The van der Waals surface area contributed by atoms with Gasteiger partial charge in [-0.15, -0.1) is 0 Å². The smallest absolute Gasteiger partial charge is 0.257 e. The number of anilines is 1. The summed E-state index contributed by atoms with van der Waals surface area (Å²) in [6.07, 6.45) is 6.26. The second kappa shape index (κ2) is 8.66. The molecule has 4 aromatic heterocycles. The topological polar surface area (TPSA) is 90.5 Å². The number of aryl methyl sites for hydroxylation is 4. The summed E-state index contributed by atoms with van der Waals surface area (Å²) < 4.78 is 3.53. The fourth-order valence-electron chi connectivity index (χ4n) is 3.91. The zero-order valence-corrected chi connectivity index (χ0v) is 18.4. The highest BCUT2D eigenvalue weighted by atomic mass is 16.1. The molecule has 8 heteroatoms. The van der Waals surface area contributed by atoms with Crippen LogP contribution in [0, 0.1) is 6.92 Å². The predicted molar refractivity (Wildman–Crippen MR) is 127 cm³/mol. The van der Waals surface area contributed by atoms with Crippen molar-refractivity contribution in [2.45, 2.75) is 19.9 Å². The minimum absolute atomic E-state index is 0.241. The van der Waals surface area contributed by atoms with Gasteiger partial charge in [-0.3, -0.25) is 19.1 Å². The predicted octanol–water partition coefficient (Wildman–Crippen LogP) is 4.03. The van der Waals surface area contributed by atoms with Crippen LogP contribution in [0.5, 0.6) is 0 Å². The Bertz CT molecular complexity index is 1420. The van der Waals surface area contributed by atoms with E-state index in [1.807, 2.05) is 73.4 Å². The van der Waals surface area contributed by atoms with Gasteiger partial charge < -0.3 is 5.32 Å². The van der Waals surface area contributed by atoms with Crippen LogP contribution in [0.2, 0.25) is 0 Å². The molecule has 8 nitrogen and oxygen atoms in total. The van der Waals surface area contributed by atoms with Crippen molar-refractivity contribution in [1.82, 2.24) is 29.5 Å². The van der Waals surface area contributed by atoms with Crippen LogP contribution in [0.25, 0.3) is 22.3 Å². The summed E-state index contributed by atoms with van der Waals surface area (Å²) >= 11 is 0. The van der Waals surface area contributed by atoms with Crippen LogP contribution in [-0.4, -0.2) is 35.4 Å². The Hall–Kier alpha value is -4.33. The first-order chi connectivity index (χ1) is 16.1. The maximum absolute atomic E-state index is 13.3. The molecule has 4 heterocycles. The van der Waals surface area contributed by atoms with E-state index in [2.05, 4.69) is 20.5 Å². The molecule has 0 atom stereocenters. The van der Waals surface area contributed by atoms with E-state index < -0.39 is 0 Å². The van der Waals surface area contributed by atoms with Crippen molar-refractivity contribution in [3.05, 3.63) is 90.0 Å². The molecule has 1 aromatic carbocycles. The van der Waals surface area contributed by atoms with E-state index in [1.54, 1.807) is 23.1 Å². The van der Waals surface area contributed by atoms with Crippen molar-refractivity contribution < 1.29 is 4.79 Å². The van der Waals surface area contributed by atoms with E-state index in [4.69, 9.17) is 4.98 Å². The zero-order valence-electron chi connectivity index (χ0n) is 18.4. The molecule has 0 saturated carbocycles. The number of nitrogens with one attached hydrogen (secondary N) is 1. The molecule has 0 unspecified atom stereocenters. The van der Waals surface area contributed by atoms with E-state index in [9.17, 15) is 4.79 Å². The lowest BCUT2D eigenvalue weighted by Gasteiger charge is -2.08. The van der Waals surface area contributed by atoms with Crippen LogP contribution in [0.3, 0.4) is 0 Å². The van der Waals surface area contributed by atoms with Crippen LogP contribution in [0.15, 0.2) is 73.2 Å². The van der Waals surface area contributed by atoms with Gasteiger partial charge in [-0.05, 0) is 37.1 Å². The first-order valence-corrected chi connectivity index (χ1v) is 10.7. The summed E-state index contributed by atoms with van der Waals surface area (Å²) in [5.41, 5.74) is 4.79. The number of hydrogen-bond donors (Lipinski definition) is 1. The maximum Gasteiger partial charge on any atom is 0.257 e. The number of carbonyl (C=O) groups excluding carboxylic acids is 1. The van der Waals surface area contributed by atoms with E-state index in [1.165, 1.54) is 5.56 Å².